The highest BCUT2D eigenvalue weighted by Crippen LogP contribution is 2.32. The molecule has 0 saturated carbocycles. The van der Waals surface area contributed by atoms with E-state index >= 15 is 0 Å². The van der Waals surface area contributed by atoms with Crippen LogP contribution in [0.4, 0.5) is 8.78 Å². The third-order valence-electron chi connectivity index (χ3n) is 2.34. The molecule has 0 N–H and O–H groups in total. The van der Waals surface area contributed by atoms with Crippen LogP contribution in [-0.4, -0.2) is 0 Å². The third kappa shape index (κ3) is 3.05. The molecule has 0 spiro atoms. The maximum atomic E-state index is 13.1. The summed E-state index contributed by atoms with van der Waals surface area (Å²) in [6.07, 6.45) is 0. The van der Waals surface area contributed by atoms with Crippen molar-refractivity contribution in [2.75, 3.05) is 0 Å². The molecule has 0 bridgehead atoms. The van der Waals surface area contributed by atoms with Gasteiger partial charge in [0.2, 0.25) is 0 Å². The Balaban J connectivity index is 2.36. The Kier molecular flexibility index (Phi) is 3.79. The Morgan fingerprint density at radius 2 is 1.41 bits per heavy atom. The van der Waals surface area contributed by atoms with Crippen LogP contribution in [0.5, 0.6) is 0 Å². The zero-order valence-corrected chi connectivity index (χ0v) is 11.0. The summed E-state index contributed by atoms with van der Waals surface area (Å²) in [7, 11) is 0. The molecule has 0 fully saturated rings. The van der Waals surface area contributed by atoms with Crippen LogP contribution in [0, 0.1) is 11.6 Å². The van der Waals surface area contributed by atoms with Gasteiger partial charge in [0.25, 0.3) is 0 Å². The summed E-state index contributed by atoms with van der Waals surface area (Å²) in [6, 6.07) is 10.6. The number of hydrogen-bond acceptors (Lipinski definition) is 0. The lowest BCUT2D eigenvalue weighted by Crippen LogP contribution is -1.94. The molecule has 0 aliphatic heterocycles. The monoisotopic (exact) mass is 316 g/mol. The first kappa shape index (κ1) is 12.5. The lowest BCUT2D eigenvalue weighted by atomic mass is 10.0. The van der Waals surface area contributed by atoms with Gasteiger partial charge in [0, 0.05) is 11.1 Å². The highest BCUT2D eigenvalue weighted by atomic mass is 79.9. The Morgan fingerprint density at radius 1 is 0.882 bits per heavy atom. The van der Waals surface area contributed by atoms with Gasteiger partial charge in [0.05, 0.1) is 4.83 Å². The van der Waals surface area contributed by atoms with Crippen molar-refractivity contribution < 1.29 is 8.78 Å². The molecule has 1 unspecified atom stereocenters. The van der Waals surface area contributed by atoms with E-state index in [0.29, 0.717) is 10.6 Å². The fourth-order valence-corrected chi connectivity index (χ4v) is 2.24. The van der Waals surface area contributed by atoms with Gasteiger partial charge in [0.15, 0.2) is 0 Å². The largest absolute Gasteiger partial charge is 0.207 e. The maximum Gasteiger partial charge on any atom is 0.126 e. The van der Waals surface area contributed by atoms with Crippen LogP contribution in [0.15, 0.2) is 42.5 Å². The van der Waals surface area contributed by atoms with E-state index in [0.717, 1.165) is 11.6 Å². The van der Waals surface area contributed by atoms with Crippen LogP contribution in [0.3, 0.4) is 0 Å². The standard InChI is InChI=1S/C13H8BrClF2/c14-13(8-1-3-10(15)4-2-8)9-5-11(16)7-12(17)6-9/h1-7,13H. The van der Waals surface area contributed by atoms with E-state index in [2.05, 4.69) is 15.9 Å². The lowest BCUT2D eigenvalue weighted by molar-refractivity contribution is 0.580. The second-order valence-corrected chi connectivity index (χ2v) is 4.97. The molecule has 0 aliphatic rings. The molecule has 0 saturated heterocycles. The van der Waals surface area contributed by atoms with Crippen LogP contribution in [0.25, 0.3) is 0 Å². The van der Waals surface area contributed by atoms with Gasteiger partial charge in [0.1, 0.15) is 11.6 Å². The highest BCUT2D eigenvalue weighted by molar-refractivity contribution is 9.09. The summed E-state index contributed by atoms with van der Waals surface area (Å²) in [5.41, 5.74) is 1.42. The first-order valence-corrected chi connectivity index (χ1v) is 6.21. The normalized spacial score (nSPS) is 12.5. The molecule has 17 heavy (non-hydrogen) atoms. The average molecular weight is 318 g/mol. The van der Waals surface area contributed by atoms with Gasteiger partial charge in [-0.1, -0.05) is 39.7 Å². The lowest BCUT2D eigenvalue weighted by Gasteiger charge is -2.11. The molecular formula is C13H8BrClF2. The SMILES string of the molecule is Fc1cc(F)cc(C(Br)c2ccc(Cl)cc2)c1. The van der Waals surface area contributed by atoms with Gasteiger partial charge in [-0.15, -0.1) is 0 Å². The predicted molar refractivity (Wildman–Crippen MR) is 68.6 cm³/mol. The summed E-state index contributed by atoms with van der Waals surface area (Å²) >= 11 is 9.19. The fourth-order valence-electron chi connectivity index (χ4n) is 1.55. The minimum atomic E-state index is -0.585. The molecule has 0 aliphatic carbocycles. The number of rotatable bonds is 2. The molecule has 0 heterocycles. The molecule has 4 heteroatoms. The van der Waals surface area contributed by atoms with E-state index in [1.54, 1.807) is 12.1 Å². The van der Waals surface area contributed by atoms with Crippen molar-refractivity contribution in [2.24, 2.45) is 0 Å². The van der Waals surface area contributed by atoms with Gasteiger partial charge in [-0.25, -0.2) is 8.78 Å². The van der Waals surface area contributed by atoms with Crippen LogP contribution in [0.2, 0.25) is 5.02 Å². The van der Waals surface area contributed by atoms with E-state index in [9.17, 15) is 8.78 Å². The first-order chi connectivity index (χ1) is 8.06. The minimum absolute atomic E-state index is 0.259. The van der Waals surface area contributed by atoms with E-state index in [1.807, 2.05) is 12.1 Å². The van der Waals surface area contributed by atoms with Gasteiger partial charge in [-0.2, -0.15) is 0 Å². The summed E-state index contributed by atoms with van der Waals surface area (Å²) < 4.78 is 26.2. The maximum absolute atomic E-state index is 13.1. The van der Waals surface area contributed by atoms with Crippen LogP contribution >= 0.6 is 27.5 Å². The summed E-state index contributed by atoms with van der Waals surface area (Å²) in [6.45, 7) is 0. The molecule has 1 atom stereocenters. The van der Waals surface area contributed by atoms with Gasteiger partial charge < -0.3 is 0 Å². The Labute approximate surface area is 111 Å². The molecule has 0 amide bonds. The van der Waals surface area contributed by atoms with Crippen molar-refractivity contribution in [1.82, 2.24) is 0 Å². The summed E-state index contributed by atoms with van der Waals surface area (Å²) in [4.78, 5) is -0.259. The van der Waals surface area contributed by atoms with Crippen LogP contribution in [0.1, 0.15) is 16.0 Å². The quantitative estimate of drug-likeness (QED) is 0.676. The second-order valence-electron chi connectivity index (χ2n) is 3.62. The van der Waals surface area contributed by atoms with E-state index in [1.165, 1.54) is 12.1 Å². The molecule has 2 aromatic rings. The van der Waals surface area contributed by atoms with E-state index < -0.39 is 11.6 Å². The summed E-state index contributed by atoms with van der Waals surface area (Å²) in [5, 5.41) is 0.624. The smallest absolute Gasteiger partial charge is 0.126 e. The number of benzene rings is 2. The van der Waals surface area contributed by atoms with Crippen molar-refractivity contribution in [3.05, 3.63) is 70.2 Å². The van der Waals surface area contributed by atoms with Crippen molar-refractivity contribution in [3.8, 4) is 0 Å². The van der Waals surface area contributed by atoms with Crippen molar-refractivity contribution >= 4 is 27.5 Å². The molecular weight excluding hydrogens is 309 g/mol. The second kappa shape index (κ2) is 5.15. The van der Waals surface area contributed by atoms with Gasteiger partial charge >= 0.3 is 0 Å². The van der Waals surface area contributed by atoms with Gasteiger partial charge in [-0.05, 0) is 35.4 Å². The Morgan fingerprint density at radius 3 is 1.94 bits per heavy atom. The van der Waals surface area contributed by atoms with Crippen molar-refractivity contribution in [1.29, 1.82) is 0 Å². The van der Waals surface area contributed by atoms with E-state index in [-0.39, 0.29) is 4.83 Å². The molecule has 2 rings (SSSR count). The molecule has 0 aromatic heterocycles. The third-order valence-corrected chi connectivity index (χ3v) is 3.65. The van der Waals surface area contributed by atoms with Gasteiger partial charge in [-0.3, -0.25) is 0 Å². The van der Waals surface area contributed by atoms with Crippen LogP contribution < -0.4 is 0 Å². The van der Waals surface area contributed by atoms with E-state index in [4.69, 9.17) is 11.6 Å². The fraction of sp³-hybridized carbons (Fsp3) is 0.0769. The summed E-state index contributed by atoms with van der Waals surface area (Å²) in [5.74, 6) is -1.17. The molecule has 0 nitrogen and oxygen atoms in total. The first-order valence-electron chi connectivity index (χ1n) is 4.92. The van der Waals surface area contributed by atoms with Crippen LogP contribution in [-0.2, 0) is 0 Å². The zero-order chi connectivity index (χ0) is 12.4. The minimum Gasteiger partial charge on any atom is -0.207 e. The topological polar surface area (TPSA) is 0 Å². The Hall–Kier alpha value is -0.930. The predicted octanol–water partition coefficient (Wildman–Crippen LogP) is 5.10. The highest BCUT2D eigenvalue weighted by Gasteiger charge is 2.12. The molecule has 2 aromatic carbocycles. The Bertz CT molecular complexity index is 505. The molecule has 0 radical (unpaired) electrons. The molecule has 88 valence electrons. The zero-order valence-electron chi connectivity index (χ0n) is 8.63. The van der Waals surface area contributed by atoms with Crippen molar-refractivity contribution in [2.45, 2.75) is 4.83 Å². The van der Waals surface area contributed by atoms with Crippen molar-refractivity contribution in [3.63, 3.8) is 0 Å². The number of alkyl halides is 1. The average Bonchev–Trinajstić information content (AvgIpc) is 2.28. The number of halogens is 4. The number of hydrogen-bond donors (Lipinski definition) is 0.